The molecule has 1 fully saturated rings. The molecule has 0 bridgehead atoms. The molecule has 0 atom stereocenters. The van der Waals surface area contributed by atoms with Gasteiger partial charge in [-0.05, 0) is 112 Å². The van der Waals surface area contributed by atoms with Crippen LogP contribution < -0.4 is 0 Å². The highest BCUT2D eigenvalue weighted by Crippen LogP contribution is 2.57. The standard InChI is InChI=1S/C48H35NO/c1-3-12-31(13-4-1)32-14-11-15-35(26-32)49-44-19-8-6-17-37(44)40-27-33(21-23-45(40)49)34-20-22-38-41-29-43-39(30-47(41)50-46(38)28-34)36-16-5-7-18-42(36)48(43)24-9-2-10-25-48/h1,3-8,11-23,26-30H,2,9-10,24-25H2. The summed E-state index contributed by atoms with van der Waals surface area (Å²) >= 11 is 0. The van der Waals surface area contributed by atoms with Crippen molar-refractivity contribution < 1.29 is 4.42 Å². The largest absolute Gasteiger partial charge is 0.456 e. The monoisotopic (exact) mass is 641 g/mol. The summed E-state index contributed by atoms with van der Waals surface area (Å²) in [5.74, 6) is 0. The molecule has 0 unspecified atom stereocenters. The maximum Gasteiger partial charge on any atom is 0.136 e. The Hall–Kier alpha value is -5.86. The lowest BCUT2D eigenvalue weighted by Crippen LogP contribution is -2.27. The van der Waals surface area contributed by atoms with E-state index in [0.717, 1.165) is 11.2 Å². The topological polar surface area (TPSA) is 18.1 Å². The molecule has 7 aromatic carbocycles. The van der Waals surface area contributed by atoms with Gasteiger partial charge < -0.3 is 8.98 Å². The van der Waals surface area contributed by atoms with Crippen molar-refractivity contribution in [1.29, 1.82) is 0 Å². The summed E-state index contributed by atoms with van der Waals surface area (Å²) in [6.07, 6.45) is 6.40. The van der Waals surface area contributed by atoms with Gasteiger partial charge in [0.2, 0.25) is 0 Å². The minimum absolute atomic E-state index is 0.138. The molecular formula is C48H35NO. The minimum Gasteiger partial charge on any atom is -0.456 e. The van der Waals surface area contributed by atoms with E-state index < -0.39 is 0 Å². The zero-order valence-electron chi connectivity index (χ0n) is 27.8. The van der Waals surface area contributed by atoms with E-state index in [0.29, 0.717) is 0 Å². The van der Waals surface area contributed by atoms with Gasteiger partial charge in [-0.25, -0.2) is 0 Å². The molecule has 2 nitrogen and oxygen atoms in total. The number of aromatic nitrogens is 1. The molecule has 9 aromatic rings. The summed E-state index contributed by atoms with van der Waals surface area (Å²) < 4.78 is 9.10. The van der Waals surface area contributed by atoms with Crippen LogP contribution in [-0.2, 0) is 5.41 Å². The Labute approximate surface area is 291 Å². The lowest BCUT2D eigenvalue weighted by molar-refractivity contribution is 0.353. The van der Waals surface area contributed by atoms with E-state index in [1.165, 1.54) is 115 Å². The normalized spacial score (nSPS) is 15.0. The molecule has 2 heterocycles. The minimum atomic E-state index is 0.138. The van der Waals surface area contributed by atoms with Crippen LogP contribution in [0.15, 0.2) is 156 Å². The average molecular weight is 642 g/mol. The van der Waals surface area contributed by atoms with E-state index in [1.807, 2.05) is 0 Å². The first kappa shape index (κ1) is 28.0. The predicted octanol–water partition coefficient (Wildman–Crippen LogP) is 13.2. The maximum atomic E-state index is 6.69. The Morgan fingerprint density at radius 2 is 1.14 bits per heavy atom. The van der Waals surface area contributed by atoms with Crippen LogP contribution in [0.4, 0.5) is 0 Å². The molecule has 0 radical (unpaired) electrons. The zero-order valence-corrected chi connectivity index (χ0v) is 27.8. The third kappa shape index (κ3) is 3.96. The molecule has 1 spiro atoms. The van der Waals surface area contributed by atoms with E-state index in [2.05, 4.69) is 156 Å². The number of hydrogen-bond donors (Lipinski definition) is 0. The fourth-order valence-electron chi connectivity index (χ4n) is 9.48. The average Bonchev–Trinajstić information content (AvgIpc) is 3.80. The van der Waals surface area contributed by atoms with Crippen molar-refractivity contribution in [2.24, 2.45) is 0 Å². The third-order valence-electron chi connectivity index (χ3n) is 11.8. The maximum absolute atomic E-state index is 6.69. The molecule has 2 aliphatic rings. The summed E-state index contributed by atoms with van der Waals surface area (Å²) in [6.45, 7) is 0. The van der Waals surface area contributed by atoms with Crippen molar-refractivity contribution in [3.8, 4) is 39.1 Å². The quantitative estimate of drug-likeness (QED) is 0.188. The van der Waals surface area contributed by atoms with Crippen LogP contribution in [0.25, 0.3) is 82.8 Å². The Morgan fingerprint density at radius 1 is 0.420 bits per heavy atom. The number of furan rings is 1. The highest BCUT2D eigenvalue weighted by atomic mass is 16.3. The molecule has 2 aliphatic carbocycles. The third-order valence-corrected chi connectivity index (χ3v) is 11.8. The smallest absolute Gasteiger partial charge is 0.136 e. The van der Waals surface area contributed by atoms with E-state index >= 15 is 0 Å². The first-order chi connectivity index (χ1) is 24.7. The molecule has 2 aromatic heterocycles. The van der Waals surface area contributed by atoms with Crippen LogP contribution in [0.5, 0.6) is 0 Å². The summed E-state index contributed by atoms with van der Waals surface area (Å²) in [5.41, 5.74) is 16.2. The molecule has 0 saturated heterocycles. The highest BCUT2D eigenvalue weighted by Gasteiger charge is 2.44. The number of nitrogens with zero attached hydrogens (tertiary/aromatic N) is 1. The Bertz CT molecular complexity index is 2790. The van der Waals surface area contributed by atoms with Crippen molar-refractivity contribution in [3.05, 3.63) is 163 Å². The van der Waals surface area contributed by atoms with E-state index in [4.69, 9.17) is 4.42 Å². The van der Waals surface area contributed by atoms with Crippen molar-refractivity contribution in [1.82, 2.24) is 4.57 Å². The van der Waals surface area contributed by atoms with Crippen molar-refractivity contribution in [2.75, 3.05) is 0 Å². The van der Waals surface area contributed by atoms with Gasteiger partial charge >= 0.3 is 0 Å². The van der Waals surface area contributed by atoms with Crippen molar-refractivity contribution in [2.45, 2.75) is 37.5 Å². The summed E-state index contributed by atoms with van der Waals surface area (Å²) in [5, 5.41) is 4.94. The molecule has 50 heavy (non-hydrogen) atoms. The van der Waals surface area contributed by atoms with E-state index in [9.17, 15) is 0 Å². The van der Waals surface area contributed by atoms with Gasteiger partial charge in [0.15, 0.2) is 0 Å². The lowest BCUT2D eigenvalue weighted by atomic mass is 9.68. The van der Waals surface area contributed by atoms with Gasteiger partial charge in [-0.3, -0.25) is 0 Å². The van der Waals surface area contributed by atoms with Crippen LogP contribution in [-0.4, -0.2) is 4.57 Å². The van der Waals surface area contributed by atoms with Crippen LogP contribution in [0.3, 0.4) is 0 Å². The van der Waals surface area contributed by atoms with E-state index in [1.54, 1.807) is 0 Å². The van der Waals surface area contributed by atoms with E-state index in [-0.39, 0.29) is 5.41 Å². The fraction of sp³-hybridized carbons (Fsp3) is 0.125. The highest BCUT2D eigenvalue weighted by molar-refractivity contribution is 6.11. The fourth-order valence-corrected chi connectivity index (χ4v) is 9.48. The van der Waals surface area contributed by atoms with Crippen LogP contribution >= 0.6 is 0 Å². The zero-order chi connectivity index (χ0) is 32.8. The van der Waals surface area contributed by atoms with Crippen molar-refractivity contribution in [3.63, 3.8) is 0 Å². The Balaban J connectivity index is 1.04. The first-order valence-electron chi connectivity index (χ1n) is 18.1. The Morgan fingerprint density at radius 3 is 2.06 bits per heavy atom. The van der Waals surface area contributed by atoms with Gasteiger partial charge in [-0.2, -0.15) is 0 Å². The molecule has 1 saturated carbocycles. The van der Waals surface area contributed by atoms with Crippen LogP contribution in [0.2, 0.25) is 0 Å². The predicted molar refractivity (Wildman–Crippen MR) is 208 cm³/mol. The number of para-hydroxylation sites is 1. The number of fused-ring (bicyclic) bond motifs is 11. The summed E-state index contributed by atoms with van der Waals surface area (Å²) in [7, 11) is 0. The van der Waals surface area contributed by atoms with Gasteiger partial charge in [-0.15, -0.1) is 0 Å². The lowest BCUT2D eigenvalue weighted by Gasteiger charge is -2.35. The second-order valence-electron chi connectivity index (χ2n) is 14.4. The second-order valence-corrected chi connectivity index (χ2v) is 14.4. The van der Waals surface area contributed by atoms with Crippen LogP contribution in [0.1, 0.15) is 43.2 Å². The summed E-state index contributed by atoms with van der Waals surface area (Å²) in [6, 6.07) is 55.9. The second kappa shape index (κ2) is 10.6. The number of rotatable bonds is 3. The number of hydrogen-bond acceptors (Lipinski definition) is 1. The molecule has 2 heteroatoms. The molecular weight excluding hydrogens is 607 g/mol. The van der Waals surface area contributed by atoms with Crippen molar-refractivity contribution >= 4 is 43.7 Å². The van der Waals surface area contributed by atoms with Gasteiger partial charge in [0.25, 0.3) is 0 Å². The SMILES string of the molecule is c1ccc(-c2cccc(-n3c4ccccc4c4cc(-c5ccc6c(c5)oc5cc7c(cc56)C5(CCCCC5)c5ccccc5-7)ccc43)c2)cc1. The van der Waals surface area contributed by atoms with Gasteiger partial charge in [-0.1, -0.05) is 116 Å². The Kier molecular flexibility index (Phi) is 5.92. The van der Waals surface area contributed by atoms with Gasteiger partial charge in [0, 0.05) is 32.6 Å². The van der Waals surface area contributed by atoms with Crippen LogP contribution in [0, 0.1) is 0 Å². The number of benzene rings is 7. The molecule has 11 rings (SSSR count). The molecule has 0 N–H and O–H groups in total. The van der Waals surface area contributed by atoms with Gasteiger partial charge in [0.05, 0.1) is 11.0 Å². The first-order valence-corrected chi connectivity index (χ1v) is 18.1. The molecule has 0 amide bonds. The molecule has 238 valence electrons. The van der Waals surface area contributed by atoms with Gasteiger partial charge in [0.1, 0.15) is 11.2 Å². The summed E-state index contributed by atoms with van der Waals surface area (Å²) in [4.78, 5) is 0. The molecule has 0 aliphatic heterocycles.